The second-order valence-electron chi connectivity index (χ2n) is 8.06. The van der Waals surface area contributed by atoms with Crippen molar-refractivity contribution in [1.29, 1.82) is 0 Å². The van der Waals surface area contributed by atoms with Crippen LogP contribution in [0, 0.1) is 5.92 Å². The number of carbonyl (C=O) groups is 2. The molecular weight excluding hydrogens is 340 g/mol. The van der Waals surface area contributed by atoms with Crippen LogP contribution in [0.5, 0.6) is 0 Å². The van der Waals surface area contributed by atoms with E-state index in [1.165, 1.54) is 6.42 Å². The minimum Gasteiger partial charge on any atom is -0.398 e. The van der Waals surface area contributed by atoms with E-state index in [1.807, 2.05) is 28.0 Å². The summed E-state index contributed by atoms with van der Waals surface area (Å²) in [6, 6.07) is 6.23. The zero-order chi connectivity index (χ0) is 19.0. The highest BCUT2D eigenvalue weighted by atomic mass is 16.2. The summed E-state index contributed by atoms with van der Waals surface area (Å²) in [5.41, 5.74) is 8.88. The van der Waals surface area contributed by atoms with Crippen LogP contribution in [0.4, 0.5) is 11.4 Å². The Morgan fingerprint density at radius 1 is 1.26 bits per heavy atom. The van der Waals surface area contributed by atoms with E-state index in [0.717, 1.165) is 55.8 Å². The monoisotopic (exact) mass is 370 g/mol. The van der Waals surface area contributed by atoms with Crippen molar-refractivity contribution in [1.82, 2.24) is 9.80 Å². The van der Waals surface area contributed by atoms with Gasteiger partial charge in [0.05, 0.1) is 5.92 Å². The number of fused-ring (bicyclic) bond motifs is 1. The minimum atomic E-state index is -0.235. The van der Waals surface area contributed by atoms with Crippen molar-refractivity contribution in [2.75, 3.05) is 43.4 Å². The highest BCUT2D eigenvalue weighted by molar-refractivity contribution is 6.00. The number of rotatable bonds is 4. The van der Waals surface area contributed by atoms with Gasteiger partial charge in [0.25, 0.3) is 0 Å². The first-order valence-corrected chi connectivity index (χ1v) is 10.3. The molecule has 6 nitrogen and oxygen atoms in total. The number of nitrogen functional groups attached to an aromatic ring is 1. The Morgan fingerprint density at radius 2 is 2.11 bits per heavy atom. The number of likely N-dealkylation sites (N-methyl/N-ethyl adjacent to an activating group) is 1. The van der Waals surface area contributed by atoms with E-state index >= 15 is 0 Å². The van der Waals surface area contributed by atoms with Crippen molar-refractivity contribution in [3.8, 4) is 0 Å². The van der Waals surface area contributed by atoms with Crippen LogP contribution in [-0.4, -0.2) is 60.4 Å². The molecule has 3 aliphatic rings. The van der Waals surface area contributed by atoms with Crippen LogP contribution < -0.4 is 10.6 Å². The lowest BCUT2D eigenvalue weighted by molar-refractivity contribution is -0.129. The Kier molecular flexibility index (Phi) is 5.08. The molecule has 6 heteroatoms. The van der Waals surface area contributed by atoms with Gasteiger partial charge in [-0.25, -0.2) is 0 Å². The maximum absolute atomic E-state index is 13.2. The van der Waals surface area contributed by atoms with E-state index in [9.17, 15) is 9.59 Å². The second-order valence-corrected chi connectivity index (χ2v) is 8.06. The molecule has 4 rings (SSSR count). The van der Waals surface area contributed by atoms with Gasteiger partial charge in [0, 0.05) is 43.5 Å². The molecule has 3 heterocycles. The standard InChI is InChI=1S/C21H30N4O2/c1-2-23-10-4-6-16(23)14-24-13-15(12-20(24)26)21(27)25-11-5-7-17-18(22)8-3-9-19(17)25/h3,8-9,15-16H,2,4-7,10-14,22H2,1H3. The highest BCUT2D eigenvalue weighted by Gasteiger charge is 2.39. The van der Waals surface area contributed by atoms with E-state index in [1.54, 1.807) is 0 Å². The zero-order valence-electron chi connectivity index (χ0n) is 16.2. The smallest absolute Gasteiger partial charge is 0.232 e. The maximum atomic E-state index is 13.2. The number of carbonyl (C=O) groups excluding carboxylic acids is 2. The predicted octanol–water partition coefficient (Wildman–Crippen LogP) is 1.88. The number of anilines is 2. The lowest BCUT2D eigenvalue weighted by atomic mass is 9.97. The summed E-state index contributed by atoms with van der Waals surface area (Å²) in [5.74, 6) is -0.0290. The molecule has 0 spiro atoms. The first kappa shape index (κ1) is 18.3. The summed E-state index contributed by atoms with van der Waals surface area (Å²) in [7, 11) is 0. The van der Waals surface area contributed by atoms with Crippen LogP contribution in [0.15, 0.2) is 18.2 Å². The molecule has 1 aromatic carbocycles. The second kappa shape index (κ2) is 7.50. The molecule has 27 heavy (non-hydrogen) atoms. The molecule has 2 saturated heterocycles. The molecule has 2 N–H and O–H groups in total. The third kappa shape index (κ3) is 3.43. The first-order chi connectivity index (χ1) is 13.1. The average Bonchev–Trinajstić information content (AvgIpc) is 3.28. The number of likely N-dealkylation sites (tertiary alicyclic amines) is 2. The number of amides is 2. The summed E-state index contributed by atoms with van der Waals surface area (Å²) in [6.07, 6.45) is 4.52. The summed E-state index contributed by atoms with van der Waals surface area (Å²) in [4.78, 5) is 32.0. The van der Waals surface area contributed by atoms with Gasteiger partial charge in [-0.15, -0.1) is 0 Å². The van der Waals surface area contributed by atoms with Crippen LogP contribution >= 0.6 is 0 Å². The van der Waals surface area contributed by atoms with Crippen LogP contribution in [-0.2, 0) is 16.0 Å². The van der Waals surface area contributed by atoms with E-state index in [4.69, 9.17) is 5.73 Å². The fourth-order valence-electron chi connectivity index (χ4n) is 4.99. The van der Waals surface area contributed by atoms with E-state index < -0.39 is 0 Å². The van der Waals surface area contributed by atoms with Gasteiger partial charge in [-0.2, -0.15) is 0 Å². The molecule has 0 aliphatic carbocycles. The highest BCUT2D eigenvalue weighted by Crippen LogP contribution is 2.33. The van der Waals surface area contributed by atoms with Crippen molar-refractivity contribution in [2.45, 2.75) is 45.1 Å². The van der Waals surface area contributed by atoms with Crippen molar-refractivity contribution >= 4 is 23.2 Å². The van der Waals surface area contributed by atoms with Crippen LogP contribution in [0.25, 0.3) is 0 Å². The number of hydrogen-bond donors (Lipinski definition) is 1. The lowest BCUT2D eigenvalue weighted by Crippen LogP contribution is -2.43. The van der Waals surface area contributed by atoms with Gasteiger partial charge < -0.3 is 15.5 Å². The molecule has 2 amide bonds. The lowest BCUT2D eigenvalue weighted by Gasteiger charge is -2.32. The van der Waals surface area contributed by atoms with Gasteiger partial charge in [-0.3, -0.25) is 14.5 Å². The normalized spacial score (nSPS) is 25.9. The van der Waals surface area contributed by atoms with Gasteiger partial charge >= 0.3 is 0 Å². The van der Waals surface area contributed by atoms with Crippen LogP contribution in [0.2, 0.25) is 0 Å². The van der Waals surface area contributed by atoms with E-state index in [2.05, 4.69) is 11.8 Å². The average molecular weight is 370 g/mol. The predicted molar refractivity (Wildman–Crippen MR) is 106 cm³/mol. The molecule has 0 radical (unpaired) electrons. The zero-order valence-corrected chi connectivity index (χ0v) is 16.2. The van der Waals surface area contributed by atoms with Gasteiger partial charge in [0.1, 0.15) is 0 Å². The first-order valence-electron chi connectivity index (χ1n) is 10.3. The molecule has 1 aromatic rings. The minimum absolute atomic E-state index is 0.0798. The fraction of sp³-hybridized carbons (Fsp3) is 0.619. The SMILES string of the molecule is CCN1CCCC1CN1CC(C(=O)N2CCCc3c(N)cccc32)CC1=O. The molecule has 2 fully saturated rings. The Labute approximate surface area is 161 Å². The molecular formula is C21H30N4O2. The summed E-state index contributed by atoms with van der Waals surface area (Å²) in [6.45, 7) is 6.36. The van der Waals surface area contributed by atoms with Gasteiger partial charge in [-0.1, -0.05) is 13.0 Å². The van der Waals surface area contributed by atoms with E-state index in [0.29, 0.717) is 25.6 Å². The van der Waals surface area contributed by atoms with Crippen LogP contribution in [0.1, 0.15) is 38.2 Å². The molecule has 0 bridgehead atoms. The number of benzene rings is 1. The molecule has 3 aliphatic heterocycles. The fourth-order valence-corrected chi connectivity index (χ4v) is 4.99. The van der Waals surface area contributed by atoms with Crippen molar-refractivity contribution in [2.24, 2.45) is 5.92 Å². The van der Waals surface area contributed by atoms with Crippen LogP contribution in [0.3, 0.4) is 0 Å². The van der Waals surface area contributed by atoms with Gasteiger partial charge in [-0.05, 0) is 56.5 Å². The van der Waals surface area contributed by atoms with E-state index in [-0.39, 0.29) is 17.7 Å². The molecule has 0 saturated carbocycles. The Morgan fingerprint density at radius 3 is 2.93 bits per heavy atom. The third-order valence-electron chi connectivity index (χ3n) is 6.45. The summed E-state index contributed by atoms with van der Waals surface area (Å²) >= 11 is 0. The Balaban J connectivity index is 1.45. The molecule has 2 atom stereocenters. The topological polar surface area (TPSA) is 69.9 Å². The van der Waals surface area contributed by atoms with Crippen molar-refractivity contribution in [3.63, 3.8) is 0 Å². The van der Waals surface area contributed by atoms with Crippen molar-refractivity contribution < 1.29 is 9.59 Å². The number of hydrogen-bond acceptors (Lipinski definition) is 4. The molecule has 146 valence electrons. The Hall–Kier alpha value is -2.08. The maximum Gasteiger partial charge on any atom is 0.232 e. The third-order valence-corrected chi connectivity index (χ3v) is 6.45. The number of nitrogens with zero attached hydrogens (tertiary/aromatic N) is 3. The molecule has 2 unspecified atom stereocenters. The Bertz CT molecular complexity index is 735. The molecule has 0 aromatic heterocycles. The van der Waals surface area contributed by atoms with Crippen molar-refractivity contribution in [3.05, 3.63) is 23.8 Å². The quantitative estimate of drug-likeness (QED) is 0.822. The van der Waals surface area contributed by atoms with Gasteiger partial charge in [0.2, 0.25) is 11.8 Å². The summed E-state index contributed by atoms with van der Waals surface area (Å²) in [5, 5.41) is 0. The number of nitrogens with two attached hydrogens (primary N) is 1. The summed E-state index contributed by atoms with van der Waals surface area (Å²) < 4.78 is 0. The van der Waals surface area contributed by atoms with Gasteiger partial charge in [0.15, 0.2) is 0 Å². The largest absolute Gasteiger partial charge is 0.398 e.